The van der Waals surface area contributed by atoms with Crippen LogP contribution in [0.15, 0.2) is 53.1 Å². The molecule has 0 saturated heterocycles. The number of hydrogen-bond acceptors (Lipinski definition) is 4. The topological polar surface area (TPSA) is 71.7 Å². The zero-order chi connectivity index (χ0) is 14.4. The molecular formula is C15H17NO4. The van der Waals surface area contributed by atoms with Crippen LogP contribution >= 0.6 is 0 Å². The van der Waals surface area contributed by atoms with Crippen LogP contribution in [-0.4, -0.2) is 23.3 Å². The molecule has 0 aliphatic heterocycles. The molecule has 20 heavy (non-hydrogen) atoms. The van der Waals surface area contributed by atoms with Crippen molar-refractivity contribution in [1.82, 2.24) is 5.32 Å². The van der Waals surface area contributed by atoms with E-state index in [4.69, 9.17) is 9.15 Å². The molecule has 0 aliphatic rings. The van der Waals surface area contributed by atoms with Gasteiger partial charge >= 0.3 is 6.09 Å². The van der Waals surface area contributed by atoms with Gasteiger partial charge in [0.05, 0.1) is 11.9 Å². The Kier molecular flexibility index (Phi) is 4.42. The molecule has 1 amide bonds. The van der Waals surface area contributed by atoms with Crippen molar-refractivity contribution in [3.05, 3.63) is 54.5 Å². The predicted octanol–water partition coefficient (Wildman–Crippen LogP) is 2.36. The fourth-order valence-electron chi connectivity index (χ4n) is 1.75. The molecule has 5 heteroatoms. The molecule has 106 valence electrons. The molecule has 2 aromatic rings. The molecule has 1 aromatic carbocycles. The van der Waals surface area contributed by atoms with Crippen LogP contribution in [-0.2, 0) is 6.42 Å². The Labute approximate surface area is 117 Å². The Balaban J connectivity index is 1.80. The molecule has 1 unspecified atom stereocenters. The number of hydrogen-bond donors (Lipinski definition) is 2. The molecule has 1 heterocycles. The Morgan fingerprint density at radius 3 is 2.70 bits per heavy atom. The third-order valence-corrected chi connectivity index (χ3v) is 2.70. The molecule has 0 aliphatic carbocycles. The summed E-state index contributed by atoms with van der Waals surface area (Å²) in [4.78, 5) is 11.6. The monoisotopic (exact) mass is 275 g/mol. The van der Waals surface area contributed by atoms with Crippen molar-refractivity contribution in [3.63, 3.8) is 0 Å². The van der Waals surface area contributed by atoms with Gasteiger partial charge in [-0.05, 0) is 31.2 Å². The van der Waals surface area contributed by atoms with E-state index >= 15 is 0 Å². The highest BCUT2D eigenvalue weighted by atomic mass is 16.6. The minimum atomic E-state index is -1.10. The number of furan rings is 1. The van der Waals surface area contributed by atoms with Gasteiger partial charge < -0.3 is 19.6 Å². The van der Waals surface area contributed by atoms with Gasteiger partial charge in [-0.2, -0.15) is 0 Å². The van der Waals surface area contributed by atoms with Crippen molar-refractivity contribution >= 4 is 6.09 Å². The predicted molar refractivity (Wildman–Crippen MR) is 73.5 cm³/mol. The second-order valence-electron chi connectivity index (χ2n) is 4.81. The fourth-order valence-corrected chi connectivity index (χ4v) is 1.75. The Hall–Kier alpha value is -2.27. The van der Waals surface area contributed by atoms with E-state index in [1.807, 2.05) is 6.07 Å². The summed E-state index contributed by atoms with van der Waals surface area (Å²) < 4.78 is 10.2. The van der Waals surface area contributed by atoms with Crippen molar-refractivity contribution in [3.8, 4) is 5.75 Å². The second kappa shape index (κ2) is 6.25. The van der Waals surface area contributed by atoms with Gasteiger partial charge in [0.25, 0.3) is 0 Å². The van der Waals surface area contributed by atoms with Gasteiger partial charge in [0.2, 0.25) is 0 Å². The first-order valence-electron chi connectivity index (χ1n) is 6.31. The van der Waals surface area contributed by atoms with Crippen LogP contribution in [0.2, 0.25) is 0 Å². The van der Waals surface area contributed by atoms with E-state index in [0.29, 0.717) is 17.9 Å². The molecule has 1 atom stereocenters. The van der Waals surface area contributed by atoms with E-state index in [0.717, 1.165) is 0 Å². The van der Waals surface area contributed by atoms with Gasteiger partial charge in [0.15, 0.2) is 0 Å². The van der Waals surface area contributed by atoms with E-state index in [1.165, 1.54) is 0 Å². The summed E-state index contributed by atoms with van der Waals surface area (Å²) in [6, 6.07) is 12.3. The van der Waals surface area contributed by atoms with Crippen LogP contribution in [0.1, 0.15) is 12.7 Å². The van der Waals surface area contributed by atoms with Crippen LogP contribution in [0.25, 0.3) is 0 Å². The summed E-state index contributed by atoms with van der Waals surface area (Å²) in [7, 11) is 0. The molecule has 5 nitrogen and oxygen atoms in total. The van der Waals surface area contributed by atoms with Crippen molar-refractivity contribution < 1.29 is 19.1 Å². The van der Waals surface area contributed by atoms with Gasteiger partial charge in [-0.3, -0.25) is 0 Å². The lowest BCUT2D eigenvalue weighted by Crippen LogP contribution is -2.43. The van der Waals surface area contributed by atoms with Crippen LogP contribution < -0.4 is 10.1 Å². The molecule has 0 fully saturated rings. The number of para-hydroxylation sites is 1. The summed E-state index contributed by atoms with van der Waals surface area (Å²) in [5.74, 6) is 1.11. The maximum absolute atomic E-state index is 11.6. The SMILES string of the molecule is CC(O)(CNC(=O)Oc1ccccc1)Cc1ccco1. The Morgan fingerprint density at radius 2 is 2.05 bits per heavy atom. The Bertz CT molecular complexity index is 534. The molecule has 2 rings (SSSR count). The van der Waals surface area contributed by atoms with Gasteiger partial charge in [0.1, 0.15) is 11.5 Å². The zero-order valence-electron chi connectivity index (χ0n) is 11.2. The minimum Gasteiger partial charge on any atom is -0.469 e. The number of ether oxygens (including phenoxy) is 1. The number of amides is 1. The molecular weight excluding hydrogens is 258 g/mol. The number of carbonyl (C=O) groups is 1. The normalized spacial score (nSPS) is 13.5. The first-order valence-corrected chi connectivity index (χ1v) is 6.31. The highest BCUT2D eigenvalue weighted by Gasteiger charge is 2.23. The van der Waals surface area contributed by atoms with E-state index in [-0.39, 0.29) is 6.54 Å². The van der Waals surface area contributed by atoms with Crippen molar-refractivity contribution in [2.45, 2.75) is 18.9 Å². The average molecular weight is 275 g/mol. The van der Waals surface area contributed by atoms with E-state index in [1.54, 1.807) is 49.6 Å². The molecule has 0 bridgehead atoms. The average Bonchev–Trinajstić information content (AvgIpc) is 2.90. The van der Waals surface area contributed by atoms with Gasteiger partial charge in [-0.15, -0.1) is 0 Å². The first-order chi connectivity index (χ1) is 9.55. The molecule has 2 N–H and O–H groups in total. The molecule has 0 spiro atoms. The summed E-state index contributed by atoms with van der Waals surface area (Å²) in [5.41, 5.74) is -1.10. The van der Waals surface area contributed by atoms with Crippen LogP contribution in [0.3, 0.4) is 0 Å². The number of carbonyl (C=O) groups excluding carboxylic acids is 1. The summed E-state index contributed by atoms with van der Waals surface area (Å²) in [5, 5.41) is 12.7. The van der Waals surface area contributed by atoms with Crippen LogP contribution in [0, 0.1) is 0 Å². The van der Waals surface area contributed by atoms with Crippen molar-refractivity contribution in [1.29, 1.82) is 0 Å². The minimum absolute atomic E-state index is 0.0688. The van der Waals surface area contributed by atoms with E-state index in [2.05, 4.69) is 5.32 Å². The fraction of sp³-hybridized carbons (Fsp3) is 0.267. The third kappa shape index (κ3) is 4.44. The van der Waals surface area contributed by atoms with E-state index < -0.39 is 11.7 Å². The van der Waals surface area contributed by atoms with Gasteiger partial charge in [0, 0.05) is 13.0 Å². The number of benzene rings is 1. The first kappa shape index (κ1) is 14.1. The zero-order valence-corrected chi connectivity index (χ0v) is 11.2. The summed E-state index contributed by atoms with van der Waals surface area (Å²) in [6.45, 7) is 1.69. The van der Waals surface area contributed by atoms with Crippen LogP contribution in [0.4, 0.5) is 4.79 Å². The Morgan fingerprint density at radius 1 is 1.30 bits per heavy atom. The number of rotatable bonds is 5. The lowest BCUT2D eigenvalue weighted by molar-refractivity contribution is 0.0551. The van der Waals surface area contributed by atoms with Gasteiger partial charge in [-0.1, -0.05) is 18.2 Å². The third-order valence-electron chi connectivity index (χ3n) is 2.70. The molecule has 1 aromatic heterocycles. The summed E-state index contributed by atoms with van der Waals surface area (Å²) >= 11 is 0. The second-order valence-corrected chi connectivity index (χ2v) is 4.81. The quantitative estimate of drug-likeness (QED) is 0.878. The number of aliphatic hydroxyl groups is 1. The van der Waals surface area contributed by atoms with E-state index in [9.17, 15) is 9.90 Å². The van der Waals surface area contributed by atoms with Crippen molar-refractivity contribution in [2.75, 3.05) is 6.54 Å². The molecule has 0 radical (unpaired) electrons. The maximum Gasteiger partial charge on any atom is 0.412 e. The maximum atomic E-state index is 11.6. The largest absolute Gasteiger partial charge is 0.469 e. The highest BCUT2D eigenvalue weighted by molar-refractivity contribution is 5.70. The van der Waals surface area contributed by atoms with Crippen LogP contribution in [0.5, 0.6) is 5.75 Å². The van der Waals surface area contributed by atoms with Crippen molar-refractivity contribution in [2.24, 2.45) is 0 Å². The smallest absolute Gasteiger partial charge is 0.412 e. The lowest BCUT2D eigenvalue weighted by Gasteiger charge is -2.22. The highest BCUT2D eigenvalue weighted by Crippen LogP contribution is 2.13. The lowest BCUT2D eigenvalue weighted by atomic mass is 10.0. The molecule has 0 saturated carbocycles. The standard InChI is InChI=1S/C15H17NO4/c1-15(18,10-13-8-5-9-19-13)11-16-14(17)20-12-6-3-2-4-7-12/h2-9,18H,10-11H2,1H3,(H,16,17). The number of nitrogens with one attached hydrogen (secondary N) is 1. The van der Waals surface area contributed by atoms with Gasteiger partial charge in [-0.25, -0.2) is 4.79 Å². The summed E-state index contributed by atoms with van der Waals surface area (Å²) in [6.07, 6.45) is 1.25.